The number of thioether (sulfide) groups is 1. The lowest BCUT2D eigenvalue weighted by Crippen LogP contribution is -2.01. The Balaban J connectivity index is 1.76. The van der Waals surface area contributed by atoms with Crippen molar-refractivity contribution in [2.75, 3.05) is 0 Å². The fraction of sp³-hybridized carbons (Fsp3) is 0.125. The van der Waals surface area contributed by atoms with Gasteiger partial charge in [0.05, 0.1) is 11.3 Å². The molecule has 0 unspecified atom stereocenters. The van der Waals surface area contributed by atoms with Gasteiger partial charge in [0.15, 0.2) is 0 Å². The number of hydrogen-bond acceptors (Lipinski definition) is 5. The smallest absolute Gasteiger partial charge is 0.335 e. The van der Waals surface area contributed by atoms with Crippen molar-refractivity contribution in [1.82, 2.24) is 20.2 Å². The van der Waals surface area contributed by atoms with Crippen LogP contribution in [0.15, 0.2) is 53.7 Å². The molecule has 0 aliphatic rings. The van der Waals surface area contributed by atoms with E-state index in [0.29, 0.717) is 10.9 Å². The maximum Gasteiger partial charge on any atom is 0.335 e. The van der Waals surface area contributed by atoms with Crippen LogP contribution >= 0.6 is 11.8 Å². The molecule has 1 N–H and O–H groups in total. The Labute approximate surface area is 137 Å². The molecule has 2 aromatic carbocycles. The molecule has 7 heteroatoms. The van der Waals surface area contributed by atoms with E-state index in [4.69, 9.17) is 5.11 Å². The SMILES string of the molecule is Cc1ccccc1-n1nnnc1SCc1ccc(C(=O)O)cc1. The molecule has 3 aromatic rings. The highest BCUT2D eigenvalue weighted by Gasteiger charge is 2.11. The zero-order valence-electron chi connectivity index (χ0n) is 12.4. The number of tetrazole rings is 1. The van der Waals surface area contributed by atoms with Gasteiger partial charge in [0.1, 0.15) is 0 Å². The molecule has 1 heterocycles. The highest BCUT2D eigenvalue weighted by Crippen LogP contribution is 2.23. The molecule has 116 valence electrons. The summed E-state index contributed by atoms with van der Waals surface area (Å²) < 4.78 is 1.71. The van der Waals surface area contributed by atoms with E-state index in [1.54, 1.807) is 28.9 Å². The molecule has 0 aliphatic carbocycles. The number of para-hydroxylation sites is 1. The summed E-state index contributed by atoms with van der Waals surface area (Å²) in [4.78, 5) is 10.9. The molecule has 0 fully saturated rings. The predicted molar refractivity (Wildman–Crippen MR) is 86.9 cm³/mol. The number of benzene rings is 2. The van der Waals surface area contributed by atoms with Crippen LogP contribution in [0.25, 0.3) is 5.69 Å². The Morgan fingerprint density at radius 2 is 1.91 bits per heavy atom. The molecule has 1 aromatic heterocycles. The van der Waals surface area contributed by atoms with Crippen LogP contribution in [0, 0.1) is 6.92 Å². The number of hydrogen-bond donors (Lipinski definition) is 1. The lowest BCUT2D eigenvalue weighted by molar-refractivity contribution is 0.0697. The number of carboxylic acid groups (broad SMARTS) is 1. The van der Waals surface area contributed by atoms with Gasteiger partial charge in [-0.3, -0.25) is 0 Å². The summed E-state index contributed by atoms with van der Waals surface area (Å²) in [6.07, 6.45) is 0. The van der Waals surface area contributed by atoms with E-state index in [2.05, 4.69) is 15.5 Å². The summed E-state index contributed by atoms with van der Waals surface area (Å²) in [5, 5.41) is 21.5. The molecule has 0 saturated carbocycles. The van der Waals surface area contributed by atoms with Gasteiger partial charge in [0.25, 0.3) is 0 Å². The predicted octanol–water partition coefficient (Wildman–Crippen LogP) is 2.96. The van der Waals surface area contributed by atoms with Crippen molar-refractivity contribution in [2.45, 2.75) is 17.8 Å². The van der Waals surface area contributed by atoms with Crippen LogP contribution in [-0.2, 0) is 5.75 Å². The quantitative estimate of drug-likeness (QED) is 0.726. The third kappa shape index (κ3) is 3.40. The number of carboxylic acids is 1. The Kier molecular flexibility index (Phi) is 4.38. The molecule has 3 rings (SSSR count). The van der Waals surface area contributed by atoms with Gasteiger partial charge in [-0.1, -0.05) is 42.1 Å². The van der Waals surface area contributed by atoms with E-state index in [1.165, 1.54) is 11.8 Å². The van der Waals surface area contributed by atoms with E-state index in [1.807, 2.05) is 31.2 Å². The van der Waals surface area contributed by atoms with Crippen molar-refractivity contribution < 1.29 is 9.90 Å². The van der Waals surface area contributed by atoms with Crippen LogP contribution in [-0.4, -0.2) is 31.3 Å². The maximum atomic E-state index is 10.9. The van der Waals surface area contributed by atoms with Crippen molar-refractivity contribution in [3.63, 3.8) is 0 Å². The highest BCUT2D eigenvalue weighted by molar-refractivity contribution is 7.98. The van der Waals surface area contributed by atoms with Crippen LogP contribution in [0.2, 0.25) is 0 Å². The van der Waals surface area contributed by atoms with Gasteiger partial charge >= 0.3 is 5.97 Å². The van der Waals surface area contributed by atoms with E-state index >= 15 is 0 Å². The fourth-order valence-electron chi connectivity index (χ4n) is 2.11. The number of carbonyl (C=O) groups is 1. The van der Waals surface area contributed by atoms with Crippen molar-refractivity contribution in [2.24, 2.45) is 0 Å². The molecule has 0 spiro atoms. The minimum atomic E-state index is -0.923. The maximum absolute atomic E-state index is 10.9. The van der Waals surface area contributed by atoms with Crippen LogP contribution in [0.3, 0.4) is 0 Å². The second-order valence-corrected chi connectivity index (χ2v) is 5.89. The molecular weight excluding hydrogens is 312 g/mol. The standard InChI is InChI=1S/C16H14N4O2S/c1-11-4-2-3-5-14(11)20-16(17-18-19-20)23-10-12-6-8-13(9-7-12)15(21)22/h2-9H,10H2,1H3,(H,21,22). The average molecular weight is 326 g/mol. The van der Waals surface area contributed by atoms with Crippen LogP contribution in [0.1, 0.15) is 21.5 Å². The third-order valence-electron chi connectivity index (χ3n) is 3.35. The lowest BCUT2D eigenvalue weighted by atomic mass is 10.1. The minimum Gasteiger partial charge on any atom is -0.478 e. The van der Waals surface area contributed by atoms with Crippen LogP contribution in [0.4, 0.5) is 0 Å². The number of nitrogens with zero attached hydrogens (tertiary/aromatic N) is 4. The molecular formula is C16H14N4O2S. The van der Waals surface area contributed by atoms with Crippen LogP contribution in [0.5, 0.6) is 0 Å². The lowest BCUT2D eigenvalue weighted by Gasteiger charge is -2.07. The molecule has 0 radical (unpaired) electrons. The van der Waals surface area contributed by atoms with Gasteiger partial charge in [-0.25, -0.2) is 4.79 Å². The summed E-state index contributed by atoms with van der Waals surface area (Å²) in [6, 6.07) is 14.7. The summed E-state index contributed by atoms with van der Waals surface area (Å²) >= 11 is 1.50. The number of aromatic carboxylic acids is 1. The number of aromatic nitrogens is 4. The molecule has 0 atom stereocenters. The number of aryl methyl sites for hydroxylation is 1. The zero-order chi connectivity index (χ0) is 16.2. The van der Waals surface area contributed by atoms with Gasteiger partial charge in [0, 0.05) is 5.75 Å². The Morgan fingerprint density at radius 1 is 1.17 bits per heavy atom. The molecule has 0 saturated heterocycles. The third-order valence-corrected chi connectivity index (χ3v) is 4.34. The summed E-state index contributed by atoms with van der Waals surface area (Å²) in [7, 11) is 0. The Bertz CT molecular complexity index is 830. The second-order valence-electron chi connectivity index (χ2n) is 4.95. The minimum absolute atomic E-state index is 0.281. The summed E-state index contributed by atoms with van der Waals surface area (Å²) in [5.41, 5.74) is 3.33. The fourth-order valence-corrected chi connectivity index (χ4v) is 2.95. The van der Waals surface area contributed by atoms with Crippen molar-refractivity contribution >= 4 is 17.7 Å². The second kappa shape index (κ2) is 6.62. The van der Waals surface area contributed by atoms with E-state index < -0.39 is 5.97 Å². The van der Waals surface area contributed by atoms with Gasteiger partial charge in [-0.2, -0.15) is 4.68 Å². The molecule has 0 aliphatic heterocycles. The Morgan fingerprint density at radius 3 is 2.61 bits per heavy atom. The molecule has 0 bridgehead atoms. The van der Waals surface area contributed by atoms with Crippen LogP contribution < -0.4 is 0 Å². The van der Waals surface area contributed by atoms with Crippen molar-refractivity contribution in [3.05, 3.63) is 65.2 Å². The van der Waals surface area contributed by atoms with Crippen molar-refractivity contribution in [1.29, 1.82) is 0 Å². The molecule has 0 amide bonds. The topological polar surface area (TPSA) is 80.9 Å². The average Bonchev–Trinajstić information content (AvgIpc) is 3.02. The van der Waals surface area contributed by atoms with Gasteiger partial charge in [0.2, 0.25) is 5.16 Å². The summed E-state index contributed by atoms with van der Waals surface area (Å²) in [5.74, 6) is -0.265. The molecule has 6 nitrogen and oxygen atoms in total. The van der Waals surface area contributed by atoms with E-state index in [9.17, 15) is 4.79 Å². The first-order valence-corrected chi connectivity index (χ1v) is 7.93. The number of rotatable bonds is 5. The zero-order valence-corrected chi connectivity index (χ0v) is 13.2. The van der Waals surface area contributed by atoms with Gasteiger partial charge < -0.3 is 5.11 Å². The van der Waals surface area contributed by atoms with Gasteiger partial charge in [-0.15, -0.1) is 5.10 Å². The van der Waals surface area contributed by atoms with E-state index in [0.717, 1.165) is 16.8 Å². The normalized spacial score (nSPS) is 10.7. The first-order valence-electron chi connectivity index (χ1n) is 6.94. The monoisotopic (exact) mass is 326 g/mol. The first-order chi connectivity index (χ1) is 11.1. The van der Waals surface area contributed by atoms with Gasteiger partial charge in [-0.05, 0) is 46.7 Å². The first kappa shape index (κ1) is 15.2. The Hall–Kier alpha value is -2.67. The summed E-state index contributed by atoms with van der Waals surface area (Å²) in [6.45, 7) is 2.01. The molecule has 23 heavy (non-hydrogen) atoms. The van der Waals surface area contributed by atoms with E-state index in [-0.39, 0.29) is 5.56 Å². The largest absolute Gasteiger partial charge is 0.478 e. The van der Waals surface area contributed by atoms with Crippen molar-refractivity contribution in [3.8, 4) is 5.69 Å². The highest BCUT2D eigenvalue weighted by atomic mass is 32.2.